The van der Waals surface area contributed by atoms with Crippen molar-refractivity contribution in [3.63, 3.8) is 0 Å². The van der Waals surface area contributed by atoms with Crippen LogP contribution in [0.2, 0.25) is 0 Å². The van der Waals surface area contributed by atoms with Crippen molar-refractivity contribution in [3.05, 3.63) is 151 Å². The van der Waals surface area contributed by atoms with Crippen LogP contribution in [0, 0.1) is 0 Å². The molecule has 2 aliphatic rings. The van der Waals surface area contributed by atoms with Crippen LogP contribution < -0.4 is 0 Å². The fourth-order valence-electron chi connectivity index (χ4n) is 8.87. The Labute approximate surface area is 290 Å². The standard InChI is InChI=1S/C46H27NS2/c1-2-9-30-29(8-1)34-12-7-13-35-45(34)37(30)25-44-46(35)38-23-27(17-21-42(38)49-44)26-16-20-40-36(22-26)31-10-3-5-14-39(31)47(40)28-18-19-33-32-11-4-6-15-41(32)48-43(33)24-28/h1,3-8,10-25H,2,9H2. The highest BCUT2D eigenvalue weighted by Gasteiger charge is 2.26. The molecule has 0 spiro atoms. The van der Waals surface area contributed by atoms with Crippen LogP contribution in [0.15, 0.2) is 140 Å². The van der Waals surface area contributed by atoms with Gasteiger partial charge in [0.05, 0.1) is 11.0 Å². The molecule has 0 N–H and O–H groups in total. The van der Waals surface area contributed by atoms with Gasteiger partial charge in [-0.15, -0.1) is 22.7 Å². The average Bonchev–Trinajstić information content (AvgIpc) is 3.89. The average molecular weight is 658 g/mol. The van der Waals surface area contributed by atoms with Crippen LogP contribution in [0.25, 0.3) is 101 Å². The molecule has 1 nitrogen and oxygen atoms in total. The van der Waals surface area contributed by atoms with Gasteiger partial charge in [0, 0.05) is 56.8 Å². The van der Waals surface area contributed by atoms with Gasteiger partial charge in [-0.3, -0.25) is 0 Å². The zero-order valence-corrected chi connectivity index (χ0v) is 28.1. The van der Waals surface area contributed by atoms with E-state index in [0.29, 0.717) is 0 Å². The van der Waals surface area contributed by atoms with Gasteiger partial charge in [-0.1, -0.05) is 84.9 Å². The molecule has 0 atom stereocenters. The molecule has 7 aromatic carbocycles. The highest BCUT2D eigenvalue weighted by Crippen LogP contribution is 2.51. The van der Waals surface area contributed by atoms with E-state index in [9.17, 15) is 0 Å². The molecular formula is C46H27NS2. The van der Waals surface area contributed by atoms with Crippen molar-refractivity contribution < 1.29 is 0 Å². The van der Waals surface area contributed by atoms with Crippen molar-refractivity contribution in [1.82, 2.24) is 4.57 Å². The zero-order chi connectivity index (χ0) is 31.8. The molecular weight excluding hydrogens is 631 g/mol. The second kappa shape index (κ2) is 9.57. The van der Waals surface area contributed by atoms with E-state index in [1.54, 1.807) is 0 Å². The first-order chi connectivity index (χ1) is 24.3. The summed E-state index contributed by atoms with van der Waals surface area (Å²) in [5.74, 6) is 0. The third kappa shape index (κ3) is 3.54. The second-order valence-corrected chi connectivity index (χ2v) is 15.7. The van der Waals surface area contributed by atoms with Crippen molar-refractivity contribution in [3.8, 4) is 16.8 Å². The minimum absolute atomic E-state index is 1.13. The number of fused-ring (bicyclic) bond motifs is 12. The molecule has 12 rings (SSSR count). The van der Waals surface area contributed by atoms with E-state index in [4.69, 9.17) is 0 Å². The quantitative estimate of drug-likeness (QED) is 0.174. The summed E-state index contributed by atoms with van der Waals surface area (Å²) in [7, 11) is 0. The number of aromatic nitrogens is 1. The monoisotopic (exact) mass is 657 g/mol. The summed E-state index contributed by atoms with van der Waals surface area (Å²) in [6.07, 6.45) is 6.96. The molecule has 3 aromatic heterocycles. The highest BCUT2D eigenvalue weighted by molar-refractivity contribution is 7.26. The SMILES string of the molecule is C1=CC2=C(CC1)c1cc3sc4ccc(-c5ccc6c(c5)c5ccccc5n6-c5ccc6c(c5)sc5ccccc56)cc4c3c3cccc2c13. The summed E-state index contributed by atoms with van der Waals surface area (Å²) < 4.78 is 7.86. The molecule has 228 valence electrons. The summed E-state index contributed by atoms with van der Waals surface area (Å²) >= 11 is 3.82. The summed E-state index contributed by atoms with van der Waals surface area (Å²) in [4.78, 5) is 0. The minimum atomic E-state index is 1.13. The van der Waals surface area contributed by atoms with Crippen molar-refractivity contribution >= 4 is 107 Å². The lowest BCUT2D eigenvalue weighted by molar-refractivity contribution is 1.06. The van der Waals surface area contributed by atoms with E-state index in [1.165, 1.54) is 112 Å². The lowest BCUT2D eigenvalue weighted by atomic mass is 9.94. The maximum absolute atomic E-state index is 2.49. The molecule has 0 fully saturated rings. The molecule has 2 aliphatic carbocycles. The number of rotatable bonds is 2. The van der Waals surface area contributed by atoms with Gasteiger partial charge in [0.1, 0.15) is 0 Å². The molecule has 3 heteroatoms. The van der Waals surface area contributed by atoms with E-state index in [-0.39, 0.29) is 0 Å². The van der Waals surface area contributed by atoms with Crippen LogP contribution in [0.5, 0.6) is 0 Å². The van der Waals surface area contributed by atoms with Crippen LogP contribution in [0.1, 0.15) is 24.0 Å². The van der Waals surface area contributed by atoms with Crippen molar-refractivity contribution in [1.29, 1.82) is 0 Å². The molecule has 0 aliphatic heterocycles. The lowest BCUT2D eigenvalue weighted by Gasteiger charge is -2.10. The number of thiophene rings is 2. The van der Waals surface area contributed by atoms with Crippen molar-refractivity contribution in [2.75, 3.05) is 0 Å². The molecule has 10 aromatic rings. The summed E-state index contributed by atoms with van der Waals surface area (Å²) in [6, 6.07) is 48.2. The number of hydrogen-bond acceptors (Lipinski definition) is 2. The van der Waals surface area contributed by atoms with E-state index in [2.05, 4.69) is 144 Å². The molecule has 0 saturated carbocycles. The first-order valence-corrected chi connectivity index (χ1v) is 18.7. The van der Waals surface area contributed by atoms with Gasteiger partial charge in [0.15, 0.2) is 0 Å². The lowest BCUT2D eigenvalue weighted by Crippen LogP contribution is -1.93. The molecule has 0 saturated heterocycles. The van der Waals surface area contributed by atoms with Crippen LogP contribution in [-0.4, -0.2) is 4.57 Å². The summed E-state index contributed by atoms with van der Waals surface area (Å²) in [5.41, 5.74) is 12.0. The second-order valence-electron chi connectivity index (χ2n) is 13.5. The fourth-order valence-corrected chi connectivity index (χ4v) is 11.2. The van der Waals surface area contributed by atoms with Gasteiger partial charge in [-0.2, -0.15) is 0 Å². The predicted octanol–water partition coefficient (Wildman–Crippen LogP) is 13.9. The molecule has 49 heavy (non-hydrogen) atoms. The van der Waals surface area contributed by atoms with E-state index < -0.39 is 0 Å². The van der Waals surface area contributed by atoms with Crippen LogP contribution in [0.4, 0.5) is 0 Å². The Morgan fingerprint density at radius 1 is 0.469 bits per heavy atom. The smallest absolute Gasteiger partial charge is 0.0541 e. The normalized spacial score (nSPS) is 14.2. The van der Waals surface area contributed by atoms with Gasteiger partial charge >= 0.3 is 0 Å². The third-order valence-corrected chi connectivity index (χ3v) is 13.3. The van der Waals surface area contributed by atoms with Gasteiger partial charge < -0.3 is 4.57 Å². The molecule has 0 amide bonds. The van der Waals surface area contributed by atoms with E-state index >= 15 is 0 Å². The minimum Gasteiger partial charge on any atom is -0.309 e. The van der Waals surface area contributed by atoms with Gasteiger partial charge in [-0.05, 0) is 112 Å². The molecule has 3 heterocycles. The Morgan fingerprint density at radius 3 is 2.18 bits per heavy atom. The Morgan fingerprint density at radius 2 is 1.22 bits per heavy atom. The van der Waals surface area contributed by atoms with Gasteiger partial charge in [-0.25, -0.2) is 0 Å². The first kappa shape index (κ1) is 26.5. The van der Waals surface area contributed by atoms with Crippen LogP contribution in [-0.2, 0) is 0 Å². The Kier molecular flexibility index (Phi) is 5.17. The predicted molar refractivity (Wildman–Crippen MR) is 215 cm³/mol. The third-order valence-electron chi connectivity index (χ3n) is 11.0. The van der Waals surface area contributed by atoms with Gasteiger partial charge in [0.25, 0.3) is 0 Å². The fraction of sp³-hybridized carbons (Fsp3) is 0.0435. The van der Waals surface area contributed by atoms with Crippen molar-refractivity contribution in [2.24, 2.45) is 0 Å². The molecule has 0 unspecified atom stereocenters. The first-order valence-electron chi connectivity index (χ1n) is 17.1. The van der Waals surface area contributed by atoms with E-state index in [0.717, 1.165) is 12.8 Å². The number of benzene rings is 7. The number of allylic oxidation sites excluding steroid dienone is 4. The number of nitrogens with zero attached hydrogens (tertiary/aromatic N) is 1. The topological polar surface area (TPSA) is 4.93 Å². The maximum atomic E-state index is 2.49. The highest BCUT2D eigenvalue weighted by atomic mass is 32.1. The Hall–Kier alpha value is -5.48. The van der Waals surface area contributed by atoms with E-state index in [1.807, 2.05) is 22.7 Å². The zero-order valence-electron chi connectivity index (χ0n) is 26.5. The summed E-state index contributed by atoms with van der Waals surface area (Å²) in [5, 5.41) is 10.8. The number of para-hydroxylation sites is 1. The molecule has 0 radical (unpaired) electrons. The van der Waals surface area contributed by atoms with Crippen LogP contribution in [0.3, 0.4) is 0 Å². The van der Waals surface area contributed by atoms with Gasteiger partial charge in [0.2, 0.25) is 0 Å². The Bertz CT molecular complexity index is 3160. The van der Waals surface area contributed by atoms with Crippen molar-refractivity contribution in [2.45, 2.75) is 12.8 Å². The van der Waals surface area contributed by atoms with Crippen LogP contribution >= 0.6 is 22.7 Å². The number of hydrogen-bond donors (Lipinski definition) is 0. The summed E-state index contributed by atoms with van der Waals surface area (Å²) in [6.45, 7) is 0. The molecule has 0 bridgehead atoms. The Balaban J connectivity index is 1.05. The largest absolute Gasteiger partial charge is 0.309 e. The maximum Gasteiger partial charge on any atom is 0.0541 e.